The molecule has 17 nitrogen and oxygen atoms in total. The van der Waals surface area contributed by atoms with E-state index in [4.69, 9.17) is 19.7 Å². The van der Waals surface area contributed by atoms with Gasteiger partial charge in [0, 0.05) is 30.4 Å². The van der Waals surface area contributed by atoms with Crippen LogP contribution in [0.3, 0.4) is 0 Å². The van der Waals surface area contributed by atoms with Gasteiger partial charge in [0.1, 0.15) is 17.5 Å². The van der Waals surface area contributed by atoms with Crippen LogP contribution in [-0.4, -0.2) is 77.4 Å². The fourth-order valence-corrected chi connectivity index (χ4v) is 5.73. The van der Waals surface area contributed by atoms with Gasteiger partial charge in [-0.25, -0.2) is 14.4 Å². The zero-order valence-electron chi connectivity index (χ0n) is 28.8. The normalized spacial score (nSPS) is 15.4. The van der Waals surface area contributed by atoms with Crippen LogP contribution in [-0.2, 0) is 41.5 Å². The monoisotopic (exact) mass is 761 g/mol. The lowest BCUT2D eigenvalue weighted by atomic mass is 9.86. The van der Waals surface area contributed by atoms with E-state index in [-0.39, 0.29) is 65.4 Å². The summed E-state index contributed by atoms with van der Waals surface area (Å²) in [6.45, 7) is 1.96. The molecule has 0 spiro atoms. The Hall–Kier alpha value is -7.30. The van der Waals surface area contributed by atoms with Gasteiger partial charge in [-0.2, -0.15) is 0 Å². The highest BCUT2D eigenvalue weighted by molar-refractivity contribution is 5.90. The molecule has 4 atom stereocenters. The number of nitroso groups, excluding NO2 is 1. The summed E-state index contributed by atoms with van der Waals surface area (Å²) in [6.07, 6.45) is -0.739. The van der Waals surface area contributed by atoms with Gasteiger partial charge in [0.05, 0.1) is 0 Å². The first kappa shape index (κ1) is 40.5. The van der Waals surface area contributed by atoms with E-state index in [0.717, 1.165) is 6.08 Å². The van der Waals surface area contributed by atoms with E-state index in [1.165, 1.54) is 60.7 Å². The molecule has 0 bridgehead atoms. The van der Waals surface area contributed by atoms with Crippen LogP contribution in [0.2, 0.25) is 0 Å². The number of carbonyl (C=O) groups is 4. The molecule has 0 aliphatic carbocycles. The highest BCUT2D eigenvalue weighted by atomic mass is 16.6. The number of phenols is 6. The number of benzene rings is 4. The van der Waals surface area contributed by atoms with E-state index in [1.54, 1.807) is 12.1 Å². The average Bonchev–Trinajstić information content (AvgIpc) is 3.55. The van der Waals surface area contributed by atoms with Crippen LogP contribution in [0, 0.1) is 4.91 Å². The number of carboxylic acids is 2. The molecule has 0 saturated carbocycles. The quantitative estimate of drug-likeness (QED) is 0.0274. The highest BCUT2D eigenvalue weighted by Crippen LogP contribution is 2.53. The molecule has 4 aromatic rings. The third-order valence-electron chi connectivity index (χ3n) is 8.41. The van der Waals surface area contributed by atoms with E-state index in [9.17, 15) is 54.7 Å². The number of fused-ring (bicyclic) bond motifs is 1. The smallest absolute Gasteiger partial charge is 0.345 e. The van der Waals surface area contributed by atoms with Crippen molar-refractivity contribution < 1.29 is 74.2 Å². The second-order valence-corrected chi connectivity index (χ2v) is 12.0. The van der Waals surface area contributed by atoms with Gasteiger partial charge in [0.2, 0.25) is 12.2 Å². The molecule has 1 unspecified atom stereocenters. The van der Waals surface area contributed by atoms with Gasteiger partial charge < -0.3 is 55.1 Å². The predicted octanol–water partition coefficient (Wildman–Crippen LogP) is 5.05. The maximum Gasteiger partial charge on any atom is 0.345 e. The van der Waals surface area contributed by atoms with Crippen LogP contribution in [0.1, 0.15) is 53.2 Å². The Bertz CT molecular complexity index is 2110. The van der Waals surface area contributed by atoms with Crippen molar-refractivity contribution in [3.05, 3.63) is 106 Å². The molecule has 5 rings (SSSR count). The van der Waals surface area contributed by atoms with Crippen LogP contribution < -0.4 is 4.74 Å². The number of carboxylic acid groups (broad SMARTS) is 2. The van der Waals surface area contributed by atoms with E-state index < -0.39 is 42.0 Å². The summed E-state index contributed by atoms with van der Waals surface area (Å²) in [5, 5.41) is 78.8. The molecule has 288 valence electrons. The third kappa shape index (κ3) is 9.98. The lowest BCUT2D eigenvalue weighted by molar-refractivity contribution is -0.160. The molecule has 0 aromatic heterocycles. The largest absolute Gasteiger partial charge is 0.506 e. The van der Waals surface area contributed by atoms with Crippen molar-refractivity contribution in [2.24, 2.45) is 5.18 Å². The molecule has 8 N–H and O–H groups in total. The summed E-state index contributed by atoms with van der Waals surface area (Å²) in [6, 6.07) is 15.0. The maximum absolute atomic E-state index is 12.5. The molecular weight excluding hydrogens is 726 g/mol. The van der Waals surface area contributed by atoms with E-state index >= 15 is 0 Å². The van der Waals surface area contributed by atoms with Crippen LogP contribution in [0.5, 0.6) is 40.2 Å². The van der Waals surface area contributed by atoms with Crippen molar-refractivity contribution in [1.29, 1.82) is 0 Å². The van der Waals surface area contributed by atoms with Crippen LogP contribution in [0.15, 0.2) is 78.0 Å². The summed E-state index contributed by atoms with van der Waals surface area (Å²) in [7, 11) is 0. The number of hydrogen-bond acceptors (Lipinski definition) is 15. The van der Waals surface area contributed by atoms with Gasteiger partial charge >= 0.3 is 17.9 Å². The molecule has 1 heterocycles. The number of hydrogen-bond donors (Lipinski definition) is 8. The maximum atomic E-state index is 12.5. The molecule has 0 amide bonds. The second-order valence-electron chi connectivity index (χ2n) is 12.0. The first-order valence-corrected chi connectivity index (χ1v) is 16.3. The van der Waals surface area contributed by atoms with Crippen LogP contribution in [0.25, 0.3) is 6.08 Å². The van der Waals surface area contributed by atoms with Crippen molar-refractivity contribution in [1.82, 2.24) is 0 Å². The van der Waals surface area contributed by atoms with Crippen molar-refractivity contribution in [2.45, 2.75) is 50.4 Å². The molecule has 4 aromatic carbocycles. The number of aromatic hydroxyl groups is 6. The van der Waals surface area contributed by atoms with Gasteiger partial charge in [0.25, 0.3) is 6.47 Å². The Balaban J connectivity index is 0.000000352. The zero-order chi connectivity index (χ0) is 40.4. The second kappa shape index (κ2) is 18.0. The Morgan fingerprint density at radius 2 is 1.35 bits per heavy atom. The van der Waals surface area contributed by atoms with E-state index in [1.807, 2.05) is 6.92 Å². The zero-order valence-corrected chi connectivity index (χ0v) is 28.8. The molecule has 1 aliphatic heterocycles. The molecule has 1 aliphatic rings. The van der Waals surface area contributed by atoms with Gasteiger partial charge in [-0.3, -0.25) is 4.79 Å². The average molecular weight is 762 g/mol. The molecule has 0 fully saturated rings. The topological polar surface area (TPSA) is 287 Å². The first-order chi connectivity index (χ1) is 26.2. The first-order valence-electron chi connectivity index (χ1n) is 16.3. The molecule has 55 heavy (non-hydrogen) atoms. The lowest BCUT2D eigenvalue weighted by Gasteiger charge is -2.19. The van der Waals surface area contributed by atoms with E-state index in [0.29, 0.717) is 34.2 Å². The third-order valence-corrected chi connectivity index (χ3v) is 8.41. The minimum absolute atomic E-state index is 0.0546. The highest BCUT2D eigenvalue weighted by Gasteiger charge is 2.38. The minimum Gasteiger partial charge on any atom is -0.506 e. The summed E-state index contributed by atoms with van der Waals surface area (Å²) < 4.78 is 15.5. The Kier molecular flexibility index (Phi) is 13.2. The van der Waals surface area contributed by atoms with Crippen molar-refractivity contribution in [3.63, 3.8) is 0 Å². The number of esters is 1. The fraction of sp³-hybridized carbons (Fsp3) is 0.211. The summed E-state index contributed by atoms with van der Waals surface area (Å²) in [5.41, 5.74) is 2.35. The molecule has 17 heteroatoms. The number of phenolic OH excluding ortho intramolecular Hbond substituents is 6. The number of aliphatic carboxylic acids is 2. The van der Waals surface area contributed by atoms with Crippen LogP contribution in [0.4, 0.5) is 5.69 Å². The Morgan fingerprint density at radius 3 is 1.85 bits per heavy atom. The molecule has 0 radical (unpaired) electrons. The summed E-state index contributed by atoms with van der Waals surface area (Å²) >= 11 is 0. The Labute approximate surface area is 311 Å². The number of ether oxygens (including phenoxy) is 3. The van der Waals surface area contributed by atoms with Crippen LogP contribution >= 0.6 is 0 Å². The van der Waals surface area contributed by atoms with Crippen molar-refractivity contribution >= 4 is 36.1 Å². The van der Waals surface area contributed by atoms with Gasteiger partial charge in [0.15, 0.2) is 34.5 Å². The predicted molar refractivity (Wildman–Crippen MR) is 190 cm³/mol. The standard InChI is InChI=1S/C28H25NO10.C10H10O6/c1-2-17-25-15(5-9-20(31)27(25)39-26(17)16-4-7-18(29-37)21(32)13-16)6-10-24(34)38-23(28(35)36)12-14-3-8-19(30)22(33)11-14;11-5-16-9(10(14)15)4-6-1-2-7(12)8(13)3-6/h3-11,13,17,23,26,30-33H,2,12H2,1H3,(H,35,36);1-3,5,9,12-13H,4H2,(H,14,15)/b10-6+;/t17?,23-,26-;9-/m11/s1. The lowest BCUT2D eigenvalue weighted by Crippen LogP contribution is -2.28. The molecule has 0 saturated heterocycles. The van der Waals surface area contributed by atoms with Gasteiger partial charge in [-0.05, 0) is 82.4 Å². The molecular formula is C38H35NO16. The van der Waals surface area contributed by atoms with Crippen molar-refractivity contribution in [2.75, 3.05) is 0 Å². The fourth-order valence-electron chi connectivity index (χ4n) is 5.73. The number of nitrogens with zero attached hydrogens (tertiary/aromatic N) is 1. The van der Waals surface area contributed by atoms with Gasteiger partial charge in [-0.15, -0.1) is 4.91 Å². The summed E-state index contributed by atoms with van der Waals surface area (Å²) in [4.78, 5) is 55.7. The van der Waals surface area contributed by atoms with Gasteiger partial charge in [-0.1, -0.05) is 31.2 Å². The van der Waals surface area contributed by atoms with E-state index in [2.05, 4.69) is 9.91 Å². The van der Waals surface area contributed by atoms with Crippen molar-refractivity contribution in [3.8, 4) is 40.2 Å². The number of rotatable bonds is 14. The summed E-state index contributed by atoms with van der Waals surface area (Å²) in [5.74, 6) is -5.57. The minimum atomic E-state index is -1.55. The Morgan fingerprint density at radius 1 is 0.764 bits per heavy atom. The number of carbonyl (C=O) groups excluding carboxylic acids is 2. The SMILES string of the molecule is CCC1c2c(/C=C/C(=O)O[C@H](Cc3ccc(O)c(O)c3)C(=O)O)ccc(O)c2O[C@@H]1c1ccc(N=O)c(O)c1.O=CO[C@H](Cc1ccc(O)c(O)c1)C(=O)O.